The molecule has 0 saturated heterocycles. The average Bonchev–Trinajstić information content (AvgIpc) is 3.87. The third kappa shape index (κ3) is 11.7. The van der Waals surface area contributed by atoms with Gasteiger partial charge in [0, 0.05) is 55.6 Å². The SMILES string of the molecule is CCN(CC)c1ccc(/N=N/c2cc3c(s2)C(=O)CC(C)(C)C3)c(Nc2nc(Nc3cc(N(CC)CC)ccc3/N=N/c3sc4c(c3S(=O)(=O)O)CC(C)(C)CC4=O)nc(SC3CCCCC3)n2)c1. The minimum absolute atomic E-state index is 0.0684. The van der Waals surface area contributed by atoms with Gasteiger partial charge in [-0.15, -0.1) is 43.1 Å². The van der Waals surface area contributed by atoms with Crippen LogP contribution in [0.3, 0.4) is 0 Å². The van der Waals surface area contributed by atoms with Crippen molar-refractivity contribution in [1.82, 2.24) is 15.0 Å². The smallest absolute Gasteiger partial charge is 0.297 e. The van der Waals surface area contributed by atoms with Gasteiger partial charge in [-0.05, 0) is 118 Å². The number of thiophene rings is 2. The van der Waals surface area contributed by atoms with Crippen molar-refractivity contribution in [2.24, 2.45) is 31.3 Å². The van der Waals surface area contributed by atoms with E-state index >= 15 is 0 Å². The van der Waals surface area contributed by atoms with Crippen molar-refractivity contribution in [3.05, 3.63) is 63.3 Å². The number of hydrogen-bond donors (Lipinski definition) is 3. The lowest BCUT2D eigenvalue weighted by atomic mass is 9.76. The Morgan fingerprint density at radius 3 is 1.78 bits per heavy atom. The maximum absolute atomic E-state index is 13.2. The van der Waals surface area contributed by atoms with E-state index in [2.05, 4.69) is 77.3 Å². The number of rotatable bonds is 17. The van der Waals surface area contributed by atoms with Crippen molar-refractivity contribution in [1.29, 1.82) is 0 Å². The van der Waals surface area contributed by atoms with Crippen LogP contribution in [0.4, 0.5) is 56.0 Å². The molecular formula is C49H61N11O5S4. The van der Waals surface area contributed by atoms with E-state index in [1.165, 1.54) is 17.8 Å². The minimum atomic E-state index is -4.76. The molecule has 0 unspecified atom stereocenters. The Labute approximate surface area is 417 Å². The number of benzene rings is 2. The van der Waals surface area contributed by atoms with Gasteiger partial charge in [-0.25, -0.2) is 0 Å². The highest BCUT2D eigenvalue weighted by molar-refractivity contribution is 7.99. The molecular weight excluding hydrogens is 951 g/mol. The Bertz CT molecular complexity index is 2910. The first-order valence-electron chi connectivity index (χ1n) is 23.8. The zero-order chi connectivity index (χ0) is 49.3. The lowest BCUT2D eigenvalue weighted by molar-refractivity contribution is 0.0907. The van der Waals surface area contributed by atoms with E-state index < -0.39 is 15.5 Å². The van der Waals surface area contributed by atoms with Crippen molar-refractivity contribution in [2.75, 3.05) is 46.6 Å². The highest BCUT2D eigenvalue weighted by atomic mass is 32.2. The van der Waals surface area contributed by atoms with Gasteiger partial charge in [0.05, 0.1) is 21.1 Å². The lowest BCUT2D eigenvalue weighted by Gasteiger charge is -2.28. The van der Waals surface area contributed by atoms with Crippen molar-refractivity contribution >= 4 is 112 Å². The van der Waals surface area contributed by atoms with Crippen LogP contribution in [0.5, 0.6) is 0 Å². The first-order valence-corrected chi connectivity index (χ1v) is 27.7. The lowest BCUT2D eigenvalue weighted by Crippen LogP contribution is -2.26. The fourth-order valence-corrected chi connectivity index (χ4v) is 13.7. The quantitative estimate of drug-likeness (QED) is 0.0586. The number of anilines is 6. The van der Waals surface area contributed by atoms with Gasteiger partial charge in [0.15, 0.2) is 21.7 Å². The van der Waals surface area contributed by atoms with E-state index in [0.717, 1.165) is 91.4 Å². The number of nitrogens with zero attached hydrogens (tertiary/aromatic N) is 9. The average molecular weight is 1010 g/mol. The van der Waals surface area contributed by atoms with Gasteiger partial charge < -0.3 is 20.4 Å². The molecule has 1 saturated carbocycles. The second kappa shape index (κ2) is 20.7. The van der Waals surface area contributed by atoms with Gasteiger partial charge in [-0.1, -0.05) is 58.7 Å². The normalized spacial score (nSPS) is 17.1. The summed E-state index contributed by atoms with van der Waals surface area (Å²) >= 11 is 3.92. The Kier molecular flexibility index (Phi) is 15.1. The number of fused-ring (bicyclic) bond motifs is 2. The van der Waals surface area contributed by atoms with Gasteiger partial charge in [0.25, 0.3) is 10.1 Å². The van der Waals surface area contributed by atoms with Gasteiger partial charge >= 0.3 is 0 Å². The molecule has 0 radical (unpaired) electrons. The summed E-state index contributed by atoms with van der Waals surface area (Å²) in [5.74, 6) is 0.457. The van der Waals surface area contributed by atoms with E-state index in [-0.39, 0.29) is 55.6 Å². The number of hydrogen-bond acceptors (Lipinski definition) is 18. The van der Waals surface area contributed by atoms with Gasteiger partial charge in [0.1, 0.15) is 21.3 Å². The summed E-state index contributed by atoms with van der Waals surface area (Å²) in [6.07, 6.45) is 7.41. The number of Topliss-reactive ketones (excluding diaryl/α,β-unsaturated/α-hetero) is 2. The maximum Gasteiger partial charge on any atom is 0.297 e. The van der Waals surface area contributed by atoms with Crippen molar-refractivity contribution in [3.8, 4) is 0 Å². The van der Waals surface area contributed by atoms with Crippen LogP contribution < -0.4 is 20.4 Å². The maximum atomic E-state index is 13.2. The standard InChI is InChI=1S/C49H61N11O5S4/c1-9-59(10-2)30-18-20-34(55-57-40-22-29-25-48(5,6)27-38(61)41(29)67-40)36(23-30)50-45-52-46(54-47(53-45)66-32-16-14-13-15-17-32)51-37-24-31(60(11-3)12-4)19-21-35(37)56-58-44-43(69(63,64)65)33-26-49(7,8)28-39(62)42(33)68-44/h18-24,32H,9-17,25-28H2,1-8H3,(H,63,64,65)(H2,50,51,52,53,54)/b57-55+,58-56+. The van der Waals surface area contributed by atoms with Gasteiger partial charge in [-0.2, -0.15) is 23.4 Å². The molecule has 2 aromatic carbocycles. The van der Waals surface area contributed by atoms with Crippen LogP contribution in [0.2, 0.25) is 0 Å². The summed E-state index contributed by atoms with van der Waals surface area (Å²) in [4.78, 5) is 46.2. The van der Waals surface area contributed by atoms with E-state index in [4.69, 9.17) is 20.1 Å². The Morgan fingerprint density at radius 1 is 0.696 bits per heavy atom. The highest BCUT2D eigenvalue weighted by Gasteiger charge is 2.39. The molecule has 3 aliphatic rings. The molecule has 0 spiro atoms. The van der Waals surface area contributed by atoms with E-state index in [1.807, 2.05) is 50.2 Å². The highest BCUT2D eigenvalue weighted by Crippen LogP contribution is 2.48. The number of thioether (sulfide) groups is 1. The summed E-state index contributed by atoms with van der Waals surface area (Å²) < 4.78 is 36.3. The van der Waals surface area contributed by atoms with Gasteiger partial charge in [-0.3, -0.25) is 14.1 Å². The molecule has 0 atom stereocenters. The zero-order valence-corrected chi connectivity index (χ0v) is 43.8. The van der Waals surface area contributed by atoms with Crippen molar-refractivity contribution < 1.29 is 22.6 Å². The zero-order valence-electron chi connectivity index (χ0n) is 40.5. The summed E-state index contributed by atoms with van der Waals surface area (Å²) in [5, 5.41) is 26.7. The largest absolute Gasteiger partial charge is 0.372 e. The molecule has 3 heterocycles. The second-order valence-electron chi connectivity index (χ2n) is 19.4. The fourth-order valence-electron chi connectivity index (χ4n) is 9.42. The molecule has 3 N–H and O–H groups in total. The number of aromatic nitrogens is 3. The van der Waals surface area contributed by atoms with Crippen LogP contribution in [0, 0.1) is 10.8 Å². The first-order chi connectivity index (χ1) is 32.8. The van der Waals surface area contributed by atoms with Crippen LogP contribution in [0.1, 0.15) is 131 Å². The molecule has 3 aliphatic carbocycles. The summed E-state index contributed by atoms with van der Waals surface area (Å²) in [6, 6.07) is 13.5. The number of carbonyl (C=O) groups excluding carboxylic acids is 2. The summed E-state index contributed by atoms with van der Waals surface area (Å²) in [7, 11) is -4.76. The Morgan fingerprint density at radius 2 is 1.23 bits per heavy atom. The third-order valence-corrected chi connectivity index (χ3v) is 17.3. The monoisotopic (exact) mass is 1010 g/mol. The van der Waals surface area contributed by atoms with Crippen LogP contribution in [0.25, 0.3) is 0 Å². The van der Waals surface area contributed by atoms with Crippen LogP contribution in [-0.2, 0) is 23.0 Å². The second-order valence-corrected chi connectivity index (χ2v) is 24.0. The molecule has 16 nitrogen and oxygen atoms in total. The van der Waals surface area contributed by atoms with Crippen LogP contribution >= 0.6 is 34.4 Å². The molecule has 1 fully saturated rings. The fraction of sp³-hybridized carbons (Fsp3) is 0.490. The molecule has 69 heavy (non-hydrogen) atoms. The summed E-state index contributed by atoms with van der Waals surface area (Å²) in [5.41, 5.74) is 4.57. The summed E-state index contributed by atoms with van der Waals surface area (Å²) in [6.45, 7) is 19.4. The molecule has 5 aromatic rings. The predicted molar refractivity (Wildman–Crippen MR) is 279 cm³/mol. The topological polar surface area (TPSA) is 207 Å². The Hall–Kier alpha value is -5.15. The van der Waals surface area contributed by atoms with Crippen LogP contribution in [-0.4, -0.2) is 70.9 Å². The predicted octanol–water partition coefficient (Wildman–Crippen LogP) is 14.0. The van der Waals surface area contributed by atoms with Gasteiger partial charge in [0.2, 0.25) is 11.9 Å². The number of carbonyl (C=O) groups is 2. The molecule has 8 rings (SSSR count). The first kappa shape index (κ1) is 50.2. The molecule has 3 aromatic heterocycles. The number of ketones is 2. The minimum Gasteiger partial charge on any atom is -0.372 e. The van der Waals surface area contributed by atoms with Crippen LogP contribution in [0.15, 0.2) is 73.0 Å². The molecule has 366 valence electrons. The number of nitrogens with one attached hydrogen (secondary N) is 2. The number of azo groups is 2. The van der Waals surface area contributed by atoms with E-state index in [0.29, 0.717) is 51.0 Å². The molecule has 20 heteroatoms. The van der Waals surface area contributed by atoms with Crippen molar-refractivity contribution in [3.63, 3.8) is 0 Å². The van der Waals surface area contributed by atoms with E-state index in [9.17, 15) is 22.6 Å². The third-order valence-electron chi connectivity index (χ3n) is 12.8. The van der Waals surface area contributed by atoms with Crippen molar-refractivity contribution in [2.45, 2.75) is 128 Å². The van der Waals surface area contributed by atoms with E-state index in [1.54, 1.807) is 17.8 Å². The molecule has 0 bridgehead atoms. The molecule has 0 aliphatic heterocycles. The molecule has 0 amide bonds. The Balaban J connectivity index is 1.19.